The second kappa shape index (κ2) is 6.58. The summed E-state index contributed by atoms with van der Waals surface area (Å²) in [5.41, 5.74) is 0.163. The van der Waals surface area contributed by atoms with Crippen molar-refractivity contribution in [3.05, 3.63) is 12.7 Å². The molecule has 1 amide bonds. The van der Waals surface area contributed by atoms with Gasteiger partial charge in [0.25, 0.3) is 0 Å². The van der Waals surface area contributed by atoms with Crippen LogP contribution in [0.4, 0.5) is 0 Å². The van der Waals surface area contributed by atoms with Crippen molar-refractivity contribution < 1.29 is 4.79 Å². The molecule has 1 aliphatic rings. The molecule has 19 heavy (non-hydrogen) atoms. The fourth-order valence-corrected chi connectivity index (χ4v) is 3.48. The highest BCUT2D eigenvalue weighted by atomic mass is 16.2. The number of hydrogen-bond donors (Lipinski definition) is 0. The number of hydrogen-bond acceptors (Lipinski definition) is 1. The van der Waals surface area contributed by atoms with Gasteiger partial charge >= 0.3 is 0 Å². The molecule has 1 heterocycles. The van der Waals surface area contributed by atoms with Crippen molar-refractivity contribution in [3.8, 4) is 0 Å². The van der Waals surface area contributed by atoms with Crippen LogP contribution in [0.3, 0.4) is 0 Å². The van der Waals surface area contributed by atoms with E-state index in [4.69, 9.17) is 0 Å². The Balaban J connectivity index is 2.85. The van der Waals surface area contributed by atoms with Gasteiger partial charge in [0, 0.05) is 13.1 Å². The maximum absolute atomic E-state index is 12.9. The number of carbonyl (C=O) groups excluding carboxylic acids is 1. The summed E-state index contributed by atoms with van der Waals surface area (Å²) >= 11 is 0. The molecule has 0 aromatic carbocycles. The summed E-state index contributed by atoms with van der Waals surface area (Å²) in [6.45, 7) is 14.5. The van der Waals surface area contributed by atoms with Crippen molar-refractivity contribution in [2.24, 2.45) is 10.8 Å². The summed E-state index contributed by atoms with van der Waals surface area (Å²) < 4.78 is 0. The standard InChI is InChI=1S/C17H31NO/c1-6-11-17(9-4,10-5)15(19)18-13-12-16(7-2,8-3)14-18/h6H,1,7-14H2,2-5H3. The molecule has 0 aromatic rings. The highest BCUT2D eigenvalue weighted by Gasteiger charge is 2.43. The Hall–Kier alpha value is -0.790. The highest BCUT2D eigenvalue weighted by molar-refractivity contribution is 5.83. The Kier molecular flexibility index (Phi) is 5.64. The Morgan fingerprint density at radius 2 is 1.84 bits per heavy atom. The van der Waals surface area contributed by atoms with Crippen molar-refractivity contribution >= 4 is 5.91 Å². The first kappa shape index (κ1) is 16.3. The summed E-state index contributed by atoms with van der Waals surface area (Å²) in [6, 6.07) is 0. The van der Waals surface area contributed by atoms with Crippen LogP contribution in [0, 0.1) is 10.8 Å². The van der Waals surface area contributed by atoms with Gasteiger partial charge < -0.3 is 4.90 Å². The lowest BCUT2D eigenvalue weighted by atomic mass is 9.77. The zero-order chi connectivity index (χ0) is 14.5. The lowest BCUT2D eigenvalue weighted by molar-refractivity contribution is -0.142. The zero-order valence-corrected chi connectivity index (χ0v) is 13.3. The maximum atomic E-state index is 12.9. The van der Waals surface area contributed by atoms with Crippen LogP contribution in [0.25, 0.3) is 0 Å². The first-order valence-corrected chi connectivity index (χ1v) is 7.93. The van der Waals surface area contributed by atoms with E-state index in [1.54, 1.807) is 0 Å². The average Bonchev–Trinajstić information content (AvgIpc) is 2.89. The number of allylic oxidation sites excluding steroid dienone is 1. The van der Waals surface area contributed by atoms with Crippen LogP contribution in [0.2, 0.25) is 0 Å². The van der Waals surface area contributed by atoms with Crippen LogP contribution in [-0.4, -0.2) is 23.9 Å². The maximum Gasteiger partial charge on any atom is 0.229 e. The second-order valence-electron chi connectivity index (χ2n) is 6.16. The third-order valence-electron chi connectivity index (χ3n) is 5.57. The van der Waals surface area contributed by atoms with Gasteiger partial charge in [-0.1, -0.05) is 33.8 Å². The molecule has 0 aromatic heterocycles. The predicted molar refractivity (Wildman–Crippen MR) is 82.0 cm³/mol. The van der Waals surface area contributed by atoms with E-state index in [9.17, 15) is 4.79 Å². The van der Waals surface area contributed by atoms with Gasteiger partial charge in [-0.3, -0.25) is 4.79 Å². The molecule has 2 nitrogen and oxygen atoms in total. The minimum atomic E-state index is -0.209. The molecule has 0 atom stereocenters. The molecule has 0 radical (unpaired) electrons. The first-order chi connectivity index (χ1) is 9.03. The second-order valence-corrected chi connectivity index (χ2v) is 6.16. The summed E-state index contributed by atoms with van der Waals surface area (Å²) in [4.78, 5) is 15.0. The predicted octanol–water partition coefficient (Wildman–Crippen LogP) is 4.41. The molecule has 1 rings (SSSR count). The van der Waals surface area contributed by atoms with Crippen molar-refractivity contribution in [1.29, 1.82) is 0 Å². The van der Waals surface area contributed by atoms with E-state index >= 15 is 0 Å². The van der Waals surface area contributed by atoms with Crippen molar-refractivity contribution in [3.63, 3.8) is 0 Å². The SMILES string of the molecule is C=CCC(CC)(CC)C(=O)N1CCC(CC)(CC)C1. The summed E-state index contributed by atoms with van der Waals surface area (Å²) in [5, 5.41) is 0. The van der Waals surface area contributed by atoms with E-state index in [0.717, 1.165) is 32.4 Å². The Bertz CT molecular complexity index is 313. The highest BCUT2D eigenvalue weighted by Crippen LogP contribution is 2.41. The number of amides is 1. The van der Waals surface area contributed by atoms with Gasteiger partial charge in [0.1, 0.15) is 0 Å². The molecule has 2 heteroatoms. The molecule has 0 aliphatic carbocycles. The number of rotatable bonds is 7. The molecule has 1 aliphatic heterocycles. The van der Waals surface area contributed by atoms with Gasteiger partial charge in [-0.15, -0.1) is 6.58 Å². The molecule has 1 fully saturated rings. The van der Waals surface area contributed by atoms with Crippen LogP contribution in [0.5, 0.6) is 0 Å². The van der Waals surface area contributed by atoms with Crippen molar-refractivity contribution in [2.45, 2.75) is 66.2 Å². The van der Waals surface area contributed by atoms with Crippen molar-refractivity contribution in [1.82, 2.24) is 4.90 Å². The summed E-state index contributed by atoms with van der Waals surface area (Å²) in [7, 11) is 0. The molecule has 0 bridgehead atoms. The van der Waals surface area contributed by atoms with Gasteiger partial charge in [-0.05, 0) is 43.9 Å². The van der Waals surface area contributed by atoms with Crippen LogP contribution >= 0.6 is 0 Å². The smallest absolute Gasteiger partial charge is 0.229 e. The van der Waals surface area contributed by atoms with Crippen LogP contribution in [0.15, 0.2) is 12.7 Å². The van der Waals surface area contributed by atoms with Crippen LogP contribution < -0.4 is 0 Å². The minimum absolute atomic E-state index is 0.209. The third kappa shape index (κ3) is 3.04. The topological polar surface area (TPSA) is 20.3 Å². The van der Waals surface area contributed by atoms with E-state index in [2.05, 4.69) is 39.2 Å². The fraction of sp³-hybridized carbons (Fsp3) is 0.824. The lowest BCUT2D eigenvalue weighted by Gasteiger charge is -2.35. The fourth-order valence-electron chi connectivity index (χ4n) is 3.48. The Morgan fingerprint density at radius 1 is 1.26 bits per heavy atom. The van der Waals surface area contributed by atoms with Gasteiger partial charge in [0.15, 0.2) is 0 Å². The van der Waals surface area contributed by atoms with E-state index in [-0.39, 0.29) is 5.41 Å². The largest absolute Gasteiger partial charge is 0.342 e. The van der Waals surface area contributed by atoms with Gasteiger partial charge in [0.05, 0.1) is 5.41 Å². The molecule has 0 N–H and O–H groups in total. The van der Waals surface area contributed by atoms with E-state index in [1.165, 1.54) is 19.3 Å². The quantitative estimate of drug-likeness (QED) is 0.624. The van der Waals surface area contributed by atoms with Gasteiger partial charge in [0.2, 0.25) is 5.91 Å². The molecule has 0 spiro atoms. The molecular weight excluding hydrogens is 234 g/mol. The third-order valence-corrected chi connectivity index (χ3v) is 5.57. The lowest BCUT2D eigenvalue weighted by Crippen LogP contribution is -2.43. The van der Waals surface area contributed by atoms with Crippen molar-refractivity contribution in [2.75, 3.05) is 13.1 Å². The number of nitrogens with zero attached hydrogens (tertiary/aromatic N) is 1. The minimum Gasteiger partial charge on any atom is -0.342 e. The van der Waals surface area contributed by atoms with Gasteiger partial charge in [-0.25, -0.2) is 0 Å². The molecule has 1 saturated heterocycles. The number of carbonyl (C=O) groups is 1. The van der Waals surface area contributed by atoms with Gasteiger partial charge in [-0.2, -0.15) is 0 Å². The molecular formula is C17H31NO. The first-order valence-electron chi connectivity index (χ1n) is 7.93. The van der Waals surface area contributed by atoms with Crippen LogP contribution in [-0.2, 0) is 4.79 Å². The summed E-state index contributed by atoms with van der Waals surface area (Å²) in [6.07, 6.45) is 8.07. The van der Waals surface area contributed by atoms with E-state index < -0.39 is 0 Å². The molecule has 0 saturated carbocycles. The molecule has 0 unspecified atom stereocenters. The summed E-state index contributed by atoms with van der Waals surface area (Å²) in [5.74, 6) is 0.362. The average molecular weight is 265 g/mol. The molecule has 110 valence electrons. The zero-order valence-electron chi connectivity index (χ0n) is 13.3. The number of likely N-dealkylation sites (tertiary alicyclic amines) is 1. The van der Waals surface area contributed by atoms with E-state index in [1.807, 2.05) is 6.08 Å². The van der Waals surface area contributed by atoms with Crippen LogP contribution in [0.1, 0.15) is 66.2 Å². The monoisotopic (exact) mass is 265 g/mol. The van der Waals surface area contributed by atoms with E-state index in [0.29, 0.717) is 11.3 Å². The Morgan fingerprint density at radius 3 is 2.21 bits per heavy atom. The normalized spacial score (nSPS) is 18.6. The Labute approximate surface area is 119 Å².